The van der Waals surface area contributed by atoms with Crippen LogP contribution >= 0.6 is 34.4 Å². The maximum absolute atomic E-state index is 12.7. The molecule has 20 heavy (non-hydrogen) atoms. The number of hydrogen-bond acceptors (Lipinski definition) is 3. The summed E-state index contributed by atoms with van der Waals surface area (Å²) in [5.41, 5.74) is 0.857. The quantitative estimate of drug-likeness (QED) is 0.549. The van der Waals surface area contributed by atoms with Crippen molar-refractivity contribution in [1.82, 2.24) is 0 Å². The van der Waals surface area contributed by atoms with Gasteiger partial charge < -0.3 is 4.74 Å². The molecule has 1 aromatic rings. The Bertz CT molecular complexity index is 491. The van der Waals surface area contributed by atoms with Crippen LogP contribution in [0.4, 0.5) is 0 Å². The van der Waals surface area contributed by atoms with Crippen molar-refractivity contribution in [1.29, 1.82) is 0 Å². The highest BCUT2D eigenvalue weighted by atomic mass is 127. The van der Waals surface area contributed by atoms with Gasteiger partial charge in [0.25, 0.3) is 0 Å². The minimum atomic E-state index is -0.00817. The Morgan fingerprint density at radius 1 is 1.35 bits per heavy atom. The number of carbonyl (C=O) groups excluding carboxylic acids is 1. The minimum absolute atomic E-state index is 0.00817. The monoisotopic (exact) mass is 402 g/mol. The Kier molecular flexibility index (Phi) is 4.72. The van der Waals surface area contributed by atoms with Crippen LogP contribution in [0.5, 0.6) is 0 Å². The van der Waals surface area contributed by atoms with Gasteiger partial charge >= 0.3 is 0 Å². The molecule has 2 saturated heterocycles. The van der Waals surface area contributed by atoms with Crippen molar-refractivity contribution in [2.75, 3.05) is 18.1 Å². The first-order valence-corrected chi connectivity index (χ1v) is 9.43. The van der Waals surface area contributed by atoms with Crippen LogP contribution in [0.2, 0.25) is 0 Å². The van der Waals surface area contributed by atoms with E-state index in [1.165, 1.54) is 11.5 Å². The van der Waals surface area contributed by atoms with Crippen LogP contribution in [0.25, 0.3) is 0 Å². The molecule has 2 fully saturated rings. The number of benzene rings is 1. The van der Waals surface area contributed by atoms with E-state index in [1.54, 1.807) is 0 Å². The van der Waals surface area contributed by atoms with Gasteiger partial charge in [-0.05, 0) is 71.9 Å². The van der Waals surface area contributed by atoms with Gasteiger partial charge in [0.15, 0.2) is 5.78 Å². The number of Topliss-reactive ketones (excluding diaryl/α,β-unsaturated/α-hetero) is 1. The van der Waals surface area contributed by atoms with Crippen LogP contribution < -0.4 is 0 Å². The van der Waals surface area contributed by atoms with Gasteiger partial charge in [0.05, 0.1) is 5.60 Å². The molecule has 1 aromatic carbocycles. The third kappa shape index (κ3) is 3.22. The molecule has 1 unspecified atom stereocenters. The van der Waals surface area contributed by atoms with Crippen LogP contribution in [-0.4, -0.2) is 29.5 Å². The van der Waals surface area contributed by atoms with Crippen LogP contribution in [0, 0.1) is 9.49 Å². The Hall–Kier alpha value is -0.0700. The molecule has 0 bridgehead atoms. The van der Waals surface area contributed by atoms with Crippen molar-refractivity contribution < 1.29 is 9.53 Å². The van der Waals surface area contributed by atoms with E-state index >= 15 is 0 Å². The molecule has 0 radical (unpaired) electrons. The summed E-state index contributed by atoms with van der Waals surface area (Å²) in [6, 6.07) is 7.95. The molecule has 108 valence electrons. The number of ketones is 1. The predicted molar refractivity (Wildman–Crippen MR) is 91.5 cm³/mol. The van der Waals surface area contributed by atoms with E-state index in [1.807, 2.05) is 36.0 Å². The first-order chi connectivity index (χ1) is 9.69. The third-order valence-corrected chi connectivity index (χ3v) is 6.03. The lowest BCUT2D eigenvalue weighted by Crippen LogP contribution is -2.44. The van der Waals surface area contributed by atoms with Crippen LogP contribution in [-0.2, 0) is 4.74 Å². The molecule has 4 heteroatoms. The Morgan fingerprint density at radius 2 is 2.15 bits per heavy atom. The van der Waals surface area contributed by atoms with Gasteiger partial charge in [-0.25, -0.2) is 0 Å². The first kappa shape index (κ1) is 14.9. The van der Waals surface area contributed by atoms with Crippen molar-refractivity contribution in [2.45, 2.75) is 31.3 Å². The molecule has 2 aliphatic rings. The fourth-order valence-corrected chi connectivity index (χ4v) is 5.00. The molecule has 0 saturated carbocycles. The van der Waals surface area contributed by atoms with Crippen LogP contribution in [0.3, 0.4) is 0 Å². The SMILES string of the molecule is O=C(c1cccc(I)c1)C1CCOC2(CCSCC2)C1. The molecule has 1 spiro atoms. The number of carbonyl (C=O) groups is 1. The molecule has 0 N–H and O–H groups in total. The standard InChI is InChI=1S/C16H19IO2S/c17-14-3-1-2-12(10-14)15(18)13-4-7-19-16(11-13)5-8-20-9-6-16/h1-3,10,13H,4-9,11H2. The normalized spacial score (nSPS) is 25.6. The second-order valence-electron chi connectivity index (χ2n) is 5.71. The van der Waals surface area contributed by atoms with Crippen molar-refractivity contribution in [3.05, 3.63) is 33.4 Å². The summed E-state index contributed by atoms with van der Waals surface area (Å²) < 4.78 is 7.21. The zero-order valence-electron chi connectivity index (χ0n) is 11.4. The van der Waals surface area contributed by atoms with Gasteiger partial charge in [0.1, 0.15) is 0 Å². The molecule has 0 aliphatic carbocycles. The molecule has 1 atom stereocenters. The molecular weight excluding hydrogens is 383 g/mol. The second kappa shape index (κ2) is 6.36. The second-order valence-corrected chi connectivity index (χ2v) is 8.18. The minimum Gasteiger partial charge on any atom is -0.375 e. The van der Waals surface area contributed by atoms with Gasteiger partial charge in [-0.2, -0.15) is 11.8 Å². The van der Waals surface area contributed by atoms with Crippen LogP contribution in [0.1, 0.15) is 36.0 Å². The summed E-state index contributed by atoms with van der Waals surface area (Å²) >= 11 is 4.27. The highest BCUT2D eigenvalue weighted by molar-refractivity contribution is 14.1. The van der Waals surface area contributed by atoms with Crippen molar-refractivity contribution in [3.63, 3.8) is 0 Å². The number of halogens is 1. The first-order valence-electron chi connectivity index (χ1n) is 7.20. The molecule has 0 aromatic heterocycles. The third-order valence-electron chi connectivity index (χ3n) is 4.38. The lowest BCUT2D eigenvalue weighted by Gasteiger charge is -2.42. The lowest BCUT2D eigenvalue weighted by atomic mass is 9.79. The highest BCUT2D eigenvalue weighted by Gasteiger charge is 2.40. The Balaban J connectivity index is 1.74. The average Bonchev–Trinajstić information content (AvgIpc) is 2.47. The van der Waals surface area contributed by atoms with E-state index in [9.17, 15) is 4.79 Å². The van der Waals surface area contributed by atoms with Crippen molar-refractivity contribution in [2.24, 2.45) is 5.92 Å². The fourth-order valence-electron chi connectivity index (χ4n) is 3.22. The predicted octanol–water partition coefficient (Wildman–Crippen LogP) is 4.17. The van der Waals surface area contributed by atoms with Gasteiger partial charge in [-0.15, -0.1) is 0 Å². The average molecular weight is 402 g/mol. The smallest absolute Gasteiger partial charge is 0.166 e. The van der Waals surface area contributed by atoms with E-state index in [2.05, 4.69) is 22.6 Å². The number of ether oxygens (including phenoxy) is 1. The Labute approximate surface area is 138 Å². The highest BCUT2D eigenvalue weighted by Crippen LogP contribution is 2.40. The van der Waals surface area contributed by atoms with E-state index < -0.39 is 0 Å². The summed E-state index contributed by atoms with van der Waals surface area (Å²) in [6.45, 7) is 0.741. The maximum Gasteiger partial charge on any atom is 0.166 e. The summed E-state index contributed by atoms with van der Waals surface area (Å²) in [7, 11) is 0. The van der Waals surface area contributed by atoms with Gasteiger partial charge in [-0.1, -0.05) is 12.1 Å². The fraction of sp³-hybridized carbons (Fsp3) is 0.562. The zero-order chi connectivity index (χ0) is 14.0. The summed E-state index contributed by atoms with van der Waals surface area (Å²) in [5.74, 6) is 2.79. The van der Waals surface area contributed by atoms with E-state index in [4.69, 9.17) is 4.74 Å². The largest absolute Gasteiger partial charge is 0.375 e. The topological polar surface area (TPSA) is 26.3 Å². The van der Waals surface area contributed by atoms with Gasteiger partial charge in [0, 0.05) is 21.7 Å². The number of rotatable bonds is 2. The van der Waals surface area contributed by atoms with Crippen molar-refractivity contribution >= 4 is 40.1 Å². The molecule has 2 aliphatic heterocycles. The lowest BCUT2D eigenvalue weighted by molar-refractivity contribution is -0.0959. The van der Waals surface area contributed by atoms with E-state index in [-0.39, 0.29) is 11.5 Å². The summed E-state index contributed by atoms with van der Waals surface area (Å²) in [5, 5.41) is 0. The zero-order valence-corrected chi connectivity index (χ0v) is 14.4. The Morgan fingerprint density at radius 3 is 2.90 bits per heavy atom. The molecular formula is C16H19IO2S. The van der Waals surface area contributed by atoms with Crippen molar-refractivity contribution in [3.8, 4) is 0 Å². The van der Waals surface area contributed by atoms with Gasteiger partial charge in [0.2, 0.25) is 0 Å². The van der Waals surface area contributed by atoms with E-state index in [0.29, 0.717) is 5.78 Å². The molecule has 3 rings (SSSR count). The summed E-state index contributed by atoms with van der Waals surface area (Å²) in [6.07, 6.45) is 4.00. The molecule has 2 heterocycles. The number of thioether (sulfide) groups is 1. The molecule has 2 nitrogen and oxygen atoms in total. The van der Waals surface area contributed by atoms with Crippen LogP contribution in [0.15, 0.2) is 24.3 Å². The summed E-state index contributed by atoms with van der Waals surface area (Å²) in [4.78, 5) is 12.7. The van der Waals surface area contributed by atoms with Gasteiger partial charge in [-0.3, -0.25) is 4.79 Å². The van der Waals surface area contributed by atoms with E-state index in [0.717, 1.165) is 41.4 Å². The maximum atomic E-state index is 12.7. The number of hydrogen-bond donors (Lipinski definition) is 0. The molecule has 0 amide bonds.